The van der Waals surface area contributed by atoms with E-state index in [9.17, 15) is 0 Å². The first kappa shape index (κ1) is 23.3. The number of aromatic nitrogens is 3. The van der Waals surface area contributed by atoms with Crippen molar-refractivity contribution >= 4 is 5.82 Å². The molecule has 2 aromatic heterocycles. The predicted molar refractivity (Wildman–Crippen MR) is 136 cm³/mol. The Morgan fingerprint density at radius 2 is 1.88 bits per heavy atom. The molecule has 5 nitrogen and oxygen atoms in total. The monoisotopic (exact) mass is 446 g/mol. The second-order valence-corrected chi connectivity index (χ2v) is 9.90. The van der Waals surface area contributed by atoms with Gasteiger partial charge in [0.05, 0.1) is 19.3 Å². The van der Waals surface area contributed by atoms with Crippen molar-refractivity contribution in [2.24, 2.45) is 11.8 Å². The van der Waals surface area contributed by atoms with Crippen LogP contribution in [0.15, 0.2) is 60.2 Å². The van der Waals surface area contributed by atoms with Crippen LogP contribution in [-0.4, -0.2) is 28.4 Å². The van der Waals surface area contributed by atoms with Gasteiger partial charge in [-0.2, -0.15) is 5.10 Å². The maximum atomic E-state index is 5.43. The highest BCUT2D eigenvalue weighted by Crippen LogP contribution is 2.36. The summed E-state index contributed by atoms with van der Waals surface area (Å²) in [6, 6.07) is 4.92. The SMILES string of the molecule is C=C(/C=C\C(OC)=C(C)C)C1CCC(CNc2cc(-c3cnn(C4CC4)c3)cc(C)n2)CC1. The normalized spacial score (nSPS) is 20.6. The molecule has 0 amide bonds. The molecule has 2 saturated carbocycles. The first-order valence-corrected chi connectivity index (χ1v) is 12.3. The van der Waals surface area contributed by atoms with Gasteiger partial charge in [0.1, 0.15) is 11.6 Å². The first-order chi connectivity index (χ1) is 15.9. The van der Waals surface area contributed by atoms with E-state index in [1.165, 1.54) is 60.8 Å². The van der Waals surface area contributed by atoms with Crippen LogP contribution >= 0.6 is 0 Å². The van der Waals surface area contributed by atoms with E-state index >= 15 is 0 Å². The van der Waals surface area contributed by atoms with Crippen LogP contribution in [0.2, 0.25) is 0 Å². The highest BCUT2D eigenvalue weighted by Gasteiger charge is 2.25. The van der Waals surface area contributed by atoms with E-state index in [4.69, 9.17) is 9.72 Å². The Balaban J connectivity index is 1.29. The number of hydrogen-bond donors (Lipinski definition) is 1. The van der Waals surface area contributed by atoms with E-state index in [0.717, 1.165) is 23.8 Å². The van der Waals surface area contributed by atoms with Crippen molar-refractivity contribution in [3.8, 4) is 11.1 Å². The molecule has 0 unspecified atom stereocenters. The van der Waals surface area contributed by atoms with Crippen molar-refractivity contribution in [1.82, 2.24) is 14.8 Å². The second-order valence-electron chi connectivity index (χ2n) is 9.90. The number of methoxy groups -OCH3 is 1. The minimum atomic E-state index is 0.569. The van der Waals surface area contributed by atoms with Crippen LogP contribution in [-0.2, 0) is 4.74 Å². The number of anilines is 1. The maximum absolute atomic E-state index is 5.43. The average molecular weight is 447 g/mol. The van der Waals surface area contributed by atoms with Crippen molar-refractivity contribution in [1.29, 1.82) is 0 Å². The van der Waals surface area contributed by atoms with Gasteiger partial charge in [-0.15, -0.1) is 0 Å². The van der Waals surface area contributed by atoms with E-state index in [2.05, 4.69) is 72.9 Å². The van der Waals surface area contributed by atoms with Crippen molar-refractivity contribution in [2.75, 3.05) is 19.0 Å². The highest BCUT2D eigenvalue weighted by atomic mass is 16.5. The van der Waals surface area contributed by atoms with Crippen molar-refractivity contribution < 1.29 is 4.74 Å². The molecule has 0 atom stereocenters. The molecule has 33 heavy (non-hydrogen) atoms. The van der Waals surface area contributed by atoms with E-state index in [1.54, 1.807) is 7.11 Å². The number of aryl methyl sites for hydroxylation is 1. The molecule has 4 rings (SSSR count). The summed E-state index contributed by atoms with van der Waals surface area (Å²) in [6.45, 7) is 11.5. The number of nitrogens with one attached hydrogen (secondary N) is 1. The lowest BCUT2D eigenvalue weighted by Crippen LogP contribution is -2.22. The van der Waals surface area contributed by atoms with Gasteiger partial charge in [-0.3, -0.25) is 4.68 Å². The van der Waals surface area contributed by atoms with Gasteiger partial charge < -0.3 is 10.1 Å². The lowest BCUT2D eigenvalue weighted by atomic mass is 9.78. The summed E-state index contributed by atoms with van der Waals surface area (Å²) in [5.74, 6) is 3.14. The van der Waals surface area contributed by atoms with Crippen LogP contribution in [0.3, 0.4) is 0 Å². The van der Waals surface area contributed by atoms with Crippen molar-refractivity contribution in [3.05, 3.63) is 65.9 Å². The summed E-state index contributed by atoms with van der Waals surface area (Å²) in [6.07, 6.45) is 15.7. The minimum absolute atomic E-state index is 0.569. The van der Waals surface area contributed by atoms with E-state index in [1.807, 2.05) is 6.20 Å². The first-order valence-electron chi connectivity index (χ1n) is 12.3. The third kappa shape index (κ3) is 6.16. The third-order valence-corrected chi connectivity index (χ3v) is 6.91. The molecule has 0 aromatic carbocycles. The van der Waals surface area contributed by atoms with Gasteiger partial charge in [0.15, 0.2) is 0 Å². The number of hydrogen-bond acceptors (Lipinski definition) is 4. The van der Waals surface area contributed by atoms with Gasteiger partial charge in [-0.25, -0.2) is 4.98 Å². The van der Waals surface area contributed by atoms with Gasteiger partial charge in [-0.05, 0) is 100 Å². The van der Waals surface area contributed by atoms with Gasteiger partial charge in [0, 0.05) is 24.0 Å². The lowest BCUT2D eigenvalue weighted by Gasteiger charge is -2.29. The Hall–Kier alpha value is -2.82. The zero-order chi connectivity index (χ0) is 23.4. The van der Waals surface area contributed by atoms with Crippen LogP contribution in [0.25, 0.3) is 11.1 Å². The molecule has 0 radical (unpaired) electrons. The third-order valence-electron chi connectivity index (χ3n) is 6.91. The Labute approximate surface area is 198 Å². The van der Waals surface area contributed by atoms with Crippen LogP contribution in [0.5, 0.6) is 0 Å². The van der Waals surface area contributed by atoms with Crippen molar-refractivity contribution in [2.45, 2.75) is 65.3 Å². The van der Waals surface area contributed by atoms with Gasteiger partial charge in [0.2, 0.25) is 0 Å². The zero-order valence-corrected chi connectivity index (χ0v) is 20.6. The van der Waals surface area contributed by atoms with Crippen molar-refractivity contribution in [3.63, 3.8) is 0 Å². The van der Waals surface area contributed by atoms with Gasteiger partial charge in [-0.1, -0.05) is 18.2 Å². The average Bonchev–Trinajstić information content (AvgIpc) is 3.54. The Kier molecular flexibility index (Phi) is 7.36. The summed E-state index contributed by atoms with van der Waals surface area (Å²) in [7, 11) is 1.72. The lowest BCUT2D eigenvalue weighted by molar-refractivity contribution is 0.301. The molecule has 2 heterocycles. The largest absolute Gasteiger partial charge is 0.497 e. The molecule has 1 N–H and O–H groups in total. The minimum Gasteiger partial charge on any atom is -0.497 e. The Bertz CT molecular complexity index is 1030. The fourth-order valence-corrected chi connectivity index (χ4v) is 4.70. The summed E-state index contributed by atoms with van der Waals surface area (Å²) in [4.78, 5) is 4.73. The standard InChI is InChI=1S/C28H38N4O/c1-19(2)27(33-5)13-6-20(3)23-9-7-22(8-10-23)16-29-28-15-24(14-21(4)31-28)25-17-30-32(18-25)26-11-12-26/h6,13-15,17-18,22-23,26H,3,7-12,16H2,1-2,4-5H3,(H,29,31)/b13-6-. The molecular formula is C28H38N4O. The van der Waals surface area contributed by atoms with Crippen LogP contribution < -0.4 is 5.32 Å². The van der Waals surface area contributed by atoms with Crippen LogP contribution in [0.4, 0.5) is 5.82 Å². The predicted octanol–water partition coefficient (Wildman–Crippen LogP) is 6.86. The summed E-state index contributed by atoms with van der Waals surface area (Å²) >= 11 is 0. The molecule has 0 saturated heterocycles. The van der Waals surface area contributed by atoms with Crippen LogP contribution in [0.1, 0.15) is 64.1 Å². The van der Waals surface area contributed by atoms with E-state index < -0.39 is 0 Å². The molecule has 5 heteroatoms. The van der Waals surface area contributed by atoms with Crippen LogP contribution in [0, 0.1) is 18.8 Å². The van der Waals surface area contributed by atoms with E-state index in [0.29, 0.717) is 17.9 Å². The zero-order valence-electron chi connectivity index (χ0n) is 20.6. The summed E-state index contributed by atoms with van der Waals surface area (Å²) in [5, 5.41) is 8.16. The molecule has 0 bridgehead atoms. The molecule has 2 aliphatic rings. The quantitative estimate of drug-likeness (QED) is 0.338. The molecule has 176 valence electrons. The number of ether oxygens (including phenoxy) is 1. The molecule has 2 fully saturated rings. The maximum Gasteiger partial charge on any atom is 0.126 e. The summed E-state index contributed by atoms with van der Waals surface area (Å²) < 4.78 is 7.54. The van der Waals surface area contributed by atoms with E-state index in [-0.39, 0.29) is 0 Å². The number of allylic oxidation sites excluding steroid dienone is 4. The number of pyridine rings is 1. The van der Waals surface area contributed by atoms with Gasteiger partial charge in [0.25, 0.3) is 0 Å². The summed E-state index contributed by atoms with van der Waals surface area (Å²) in [5.41, 5.74) is 5.80. The smallest absolute Gasteiger partial charge is 0.126 e. The second kappa shape index (κ2) is 10.4. The molecule has 0 aliphatic heterocycles. The highest BCUT2D eigenvalue weighted by molar-refractivity contribution is 5.65. The van der Waals surface area contributed by atoms with Gasteiger partial charge >= 0.3 is 0 Å². The fourth-order valence-electron chi connectivity index (χ4n) is 4.70. The Morgan fingerprint density at radius 3 is 2.55 bits per heavy atom. The number of rotatable bonds is 9. The molecular weight excluding hydrogens is 408 g/mol. The Morgan fingerprint density at radius 1 is 1.12 bits per heavy atom. The number of nitrogens with zero attached hydrogens (tertiary/aromatic N) is 3. The molecule has 0 spiro atoms. The molecule has 2 aromatic rings. The molecule has 2 aliphatic carbocycles. The topological polar surface area (TPSA) is 52.0 Å². The fraction of sp³-hybridized carbons (Fsp3) is 0.500.